The number of benzene rings is 1. The third-order valence-electron chi connectivity index (χ3n) is 5.65. The minimum atomic E-state index is -0.179. The molecule has 1 aromatic rings. The zero-order valence-electron chi connectivity index (χ0n) is 16.7. The highest BCUT2D eigenvalue weighted by atomic mass is 16.5. The Labute approximate surface area is 167 Å². The first-order valence-corrected chi connectivity index (χ1v) is 10.4. The lowest BCUT2D eigenvalue weighted by atomic mass is 9.86. The fraction of sp³-hybridized carbons (Fsp3) is 0.619. The summed E-state index contributed by atoms with van der Waals surface area (Å²) in [6, 6.07) is 7.07. The van der Waals surface area contributed by atoms with Gasteiger partial charge in [-0.25, -0.2) is 4.79 Å². The van der Waals surface area contributed by atoms with Crippen molar-refractivity contribution in [1.29, 1.82) is 0 Å². The number of amides is 3. The van der Waals surface area contributed by atoms with Crippen LogP contribution >= 0.6 is 0 Å². The molecule has 28 heavy (non-hydrogen) atoms. The molecule has 0 bridgehead atoms. The molecule has 1 aliphatic heterocycles. The van der Waals surface area contributed by atoms with Crippen molar-refractivity contribution in [3.05, 3.63) is 29.8 Å². The van der Waals surface area contributed by atoms with Gasteiger partial charge in [0.25, 0.3) is 5.91 Å². The van der Waals surface area contributed by atoms with Crippen molar-refractivity contribution in [2.24, 2.45) is 5.92 Å². The summed E-state index contributed by atoms with van der Waals surface area (Å²) in [5.74, 6) is 0.420. The van der Waals surface area contributed by atoms with Crippen molar-refractivity contribution in [2.45, 2.75) is 38.6 Å². The number of urea groups is 1. The van der Waals surface area contributed by atoms with Crippen LogP contribution in [0.15, 0.2) is 24.3 Å². The molecular formula is C21H32N4O3. The topological polar surface area (TPSA) is 82.7 Å². The van der Waals surface area contributed by atoms with Crippen molar-refractivity contribution < 1.29 is 14.3 Å². The van der Waals surface area contributed by atoms with Gasteiger partial charge in [0, 0.05) is 43.5 Å². The number of morpholine rings is 1. The van der Waals surface area contributed by atoms with Crippen LogP contribution in [0.4, 0.5) is 10.5 Å². The maximum absolute atomic E-state index is 12.3. The van der Waals surface area contributed by atoms with E-state index in [0.29, 0.717) is 23.7 Å². The summed E-state index contributed by atoms with van der Waals surface area (Å²) >= 11 is 0. The highest BCUT2D eigenvalue weighted by molar-refractivity contribution is 5.95. The highest BCUT2D eigenvalue weighted by Gasteiger charge is 2.22. The maximum Gasteiger partial charge on any atom is 0.319 e. The van der Waals surface area contributed by atoms with Crippen LogP contribution in [0.3, 0.4) is 0 Å². The van der Waals surface area contributed by atoms with E-state index in [0.717, 1.165) is 39.3 Å². The molecule has 3 rings (SSSR count). The molecular weight excluding hydrogens is 356 g/mol. The average molecular weight is 389 g/mol. The Bertz CT molecular complexity index is 644. The molecule has 3 amide bonds. The molecule has 1 aliphatic carbocycles. The van der Waals surface area contributed by atoms with E-state index in [-0.39, 0.29) is 18.0 Å². The molecule has 2 aliphatic rings. The van der Waals surface area contributed by atoms with E-state index in [1.807, 2.05) is 0 Å². The Morgan fingerprint density at radius 1 is 1.11 bits per heavy atom. The van der Waals surface area contributed by atoms with E-state index in [1.165, 1.54) is 19.3 Å². The SMILES string of the molecule is CC1CCCCC1NC(=O)Nc1ccc(C(=O)NCCN2CCOCC2)cc1. The summed E-state index contributed by atoms with van der Waals surface area (Å²) in [4.78, 5) is 26.8. The number of hydrogen-bond acceptors (Lipinski definition) is 4. The van der Waals surface area contributed by atoms with Crippen LogP contribution in [-0.4, -0.2) is 62.3 Å². The second-order valence-corrected chi connectivity index (χ2v) is 7.75. The molecule has 1 saturated carbocycles. The largest absolute Gasteiger partial charge is 0.379 e. The van der Waals surface area contributed by atoms with Crippen molar-refractivity contribution in [1.82, 2.24) is 15.5 Å². The number of anilines is 1. The molecule has 2 fully saturated rings. The van der Waals surface area contributed by atoms with Crippen LogP contribution in [-0.2, 0) is 4.74 Å². The smallest absolute Gasteiger partial charge is 0.319 e. The van der Waals surface area contributed by atoms with Gasteiger partial charge < -0.3 is 20.7 Å². The molecule has 2 atom stereocenters. The quantitative estimate of drug-likeness (QED) is 0.699. The minimum Gasteiger partial charge on any atom is -0.379 e. The third-order valence-corrected chi connectivity index (χ3v) is 5.65. The van der Waals surface area contributed by atoms with Gasteiger partial charge in [0.1, 0.15) is 0 Å². The number of nitrogens with zero attached hydrogens (tertiary/aromatic N) is 1. The number of hydrogen-bond donors (Lipinski definition) is 3. The Kier molecular flexibility index (Phi) is 7.68. The first-order valence-electron chi connectivity index (χ1n) is 10.4. The third kappa shape index (κ3) is 6.21. The lowest BCUT2D eigenvalue weighted by Gasteiger charge is -2.29. The Morgan fingerprint density at radius 2 is 1.82 bits per heavy atom. The Morgan fingerprint density at radius 3 is 2.54 bits per heavy atom. The molecule has 1 aromatic carbocycles. The van der Waals surface area contributed by atoms with Crippen LogP contribution in [0.25, 0.3) is 0 Å². The van der Waals surface area contributed by atoms with Gasteiger partial charge >= 0.3 is 6.03 Å². The van der Waals surface area contributed by atoms with Crippen LogP contribution in [0.1, 0.15) is 43.0 Å². The Hall–Kier alpha value is -2.12. The highest BCUT2D eigenvalue weighted by Crippen LogP contribution is 2.23. The van der Waals surface area contributed by atoms with Gasteiger partial charge in [0.15, 0.2) is 0 Å². The molecule has 0 aromatic heterocycles. The zero-order chi connectivity index (χ0) is 19.8. The van der Waals surface area contributed by atoms with E-state index >= 15 is 0 Å². The summed E-state index contributed by atoms with van der Waals surface area (Å²) < 4.78 is 5.32. The standard InChI is InChI=1S/C21H32N4O3/c1-16-4-2-3-5-19(16)24-21(27)23-18-8-6-17(7-9-18)20(26)22-10-11-25-12-14-28-15-13-25/h6-9,16,19H,2-5,10-15H2,1H3,(H,22,26)(H2,23,24,27). The van der Waals surface area contributed by atoms with Crippen LogP contribution in [0.2, 0.25) is 0 Å². The van der Waals surface area contributed by atoms with Gasteiger partial charge in [-0.05, 0) is 43.0 Å². The van der Waals surface area contributed by atoms with Crippen LogP contribution < -0.4 is 16.0 Å². The monoisotopic (exact) mass is 388 g/mol. The number of carbonyl (C=O) groups excluding carboxylic acids is 2. The normalized spacial score (nSPS) is 23.0. The molecule has 1 heterocycles. The summed E-state index contributed by atoms with van der Waals surface area (Å²) in [6.45, 7) is 6.98. The molecule has 2 unspecified atom stereocenters. The van der Waals surface area contributed by atoms with Crippen molar-refractivity contribution in [2.75, 3.05) is 44.7 Å². The summed E-state index contributed by atoms with van der Waals surface area (Å²) in [5.41, 5.74) is 1.28. The van der Waals surface area contributed by atoms with E-state index in [9.17, 15) is 9.59 Å². The number of ether oxygens (including phenoxy) is 1. The molecule has 7 heteroatoms. The lowest BCUT2D eigenvalue weighted by Crippen LogP contribution is -2.43. The Balaban J connectivity index is 1.40. The molecule has 3 N–H and O–H groups in total. The molecule has 0 radical (unpaired) electrons. The van der Waals surface area contributed by atoms with Crippen LogP contribution in [0, 0.1) is 5.92 Å². The summed E-state index contributed by atoms with van der Waals surface area (Å²) in [6.07, 6.45) is 4.63. The summed E-state index contributed by atoms with van der Waals surface area (Å²) in [5, 5.41) is 8.88. The fourth-order valence-electron chi connectivity index (χ4n) is 3.83. The maximum atomic E-state index is 12.3. The van der Waals surface area contributed by atoms with E-state index in [4.69, 9.17) is 4.74 Å². The van der Waals surface area contributed by atoms with Gasteiger partial charge in [-0.2, -0.15) is 0 Å². The van der Waals surface area contributed by atoms with Gasteiger partial charge in [-0.3, -0.25) is 9.69 Å². The predicted molar refractivity (Wildman–Crippen MR) is 110 cm³/mol. The number of rotatable bonds is 6. The zero-order valence-corrected chi connectivity index (χ0v) is 16.7. The summed E-state index contributed by atoms with van der Waals surface area (Å²) in [7, 11) is 0. The van der Waals surface area contributed by atoms with Crippen molar-refractivity contribution >= 4 is 17.6 Å². The molecule has 154 valence electrons. The second-order valence-electron chi connectivity index (χ2n) is 7.75. The van der Waals surface area contributed by atoms with Gasteiger partial charge in [0.2, 0.25) is 0 Å². The van der Waals surface area contributed by atoms with E-state index in [1.54, 1.807) is 24.3 Å². The van der Waals surface area contributed by atoms with Gasteiger partial charge in [0.05, 0.1) is 13.2 Å². The molecule has 1 saturated heterocycles. The first kappa shape index (κ1) is 20.6. The number of carbonyl (C=O) groups is 2. The predicted octanol–water partition coefficient (Wildman–Crippen LogP) is 2.45. The molecule has 0 spiro atoms. The van der Waals surface area contributed by atoms with E-state index in [2.05, 4.69) is 27.8 Å². The first-order chi connectivity index (χ1) is 13.6. The van der Waals surface area contributed by atoms with Crippen molar-refractivity contribution in [3.63, 3.8) is 0 Å². The number of nitrogens with one attached hydrogen (secondary N) is 3. The average Bonchev–Trinajstić information content (AvgIpc) is 2.71. The lowest BCUT2D eigenvalue weighted by molar-refractivity contribution is 0.0383. The second kappa shape index (κ2) is 10.4. The van der Waals surface area contributed by atoms with Gasteiger partial charge in [-0.1, -0.05) is 19.8 Å². The van der Waals surface area contributed by atoms with Crippen molar-refractivity contribution in [3.8, 4) is 0 Å². The van der Waals surface area contributed by atoms with E-state index < -0.39 is 0 Å². The van der Waals surface area contributed by atoms with Gasteiger partial charge in [-0.15, -0.1) is 0 Å². The molecule has 7 nitrogen and oxygen atoms in total. The van der Waals surface area contributed by atoms with Crippen LogP contribution in [0.5, 0.6) is 0 Å². The minimum absolute atomic E-state index is 0.0970. The fourth-order valence-corrected chi connectivity index (χ4v) is 3.83.